The molecule has 0 bridgehead atoms. The highest BCUT2D eigenvalue weighted by Gasteiger charge is 2.34. The Labute approximate surface area is 146 Å². The standard InChI is InChI=1S/C17H17ClN2O3S/c18-14-6-4-13(5-7-14)12-24(21,22)20-9-8-19-10-11-23-16-3-1-2-15(20)17(16)19/h1-7H,8-12H2. The molecule has 0 aliphatic carbocycles. The number of para-hydroxylation sites is 1. The van der Waals surface area contributed by atoms with E-state index in [9.17, 15) is 8.42 Å². The van der Waals surface area contributed by atoms with Crippen LogP contribution in [-0.2, 0) is 15.8 Å². The van der Waals surface area contributed by atoms with E-state index in [0.717, 1.165) is 23.5 Å². The van der Waals surface area contributed by atoms with Crippen molar-refractivity contribution in [2.45, 2.75) is 5.75 Å². The summed E-state index contributed by atoms with van der Waals surface area (Å²) in [5, 5.41) is 0.596. The molecule has 2 aliphatic heterocycles. The molecule has 0 N–H and O–H groups in total. The van der Waals surface area contributed by atoms with Gasteiger partial charge in [0.2, 0.25) is 10.0 Å². The van der Waals surface area contributed by atoms with Crippen molar-refractivity contribution in [3.8, 4) is 5.75 Å². The van der Waals surface area contributed by atoms with Crippen LogP contribution in [0.5, 0.6) is 5.75 Å². The van der Waals surface area contributed by atoms with Crippen molar-refractivity contribution in [3.63, 3.8) is 0 Å². The zero-order valence-corrected chi connectivity index (χ0v) is 14.6. The predicted molar refractivity (Wildman–Crippen MR) is 95.6 cm³/mol. The summed E-state index contributed by atoms with van der Waals surface area (Å²) in [5.74, 6) is 0.708. The average molecular weight is 365 g/mol. The smallest absolute Gasteiger partial charge is 0.239 e. The van der Waals surface area contributed by atoms with Crippen LogP contribution in [0.1, 0.15) is 5.56 Å². The average Bonchev–Trinajstić information content (AvgIpc) is 2.57. The van der Waals surface area contributed by atoms with E-state index in [-0.39, 0.29) is 5.75 Å². The van der Waals surface area contributed by atoms with Crippen molar-refractivity contribution in [1.29, 1.82) is 0 Å². The van der Waals surface area contributed by atoms with E-state index >= 15 is 0 Å². The van der Waals surface area contributed by atoms with E-state index in [0.29, 0.717) is 30.4 Å². The minimum absolute atomic E-state index is 0.0469. The summed E-state index contributed by atoms with van der Waals surface area (Å²) in [6, 6.07) is 12.5. The molecule has 0 amide bonds. The molecule has 0 radical (unpaired) electrons. The molecule has 0 fully saturated rings. The minimum atomic E-state index is -3.48. The Hall–Kier alpha value is -1.92. The zero-order valence-electron chi connectivity index (χ0n) is 13.0. The van der Waals surface area contributed by atoms with E-state index < -0.39 is 10.0 Å². The monoisotopic (exact) mass is 364 g/mol. The van der Waals surface area contributed by atoms with Crippen molar-refractivity contribution in [2.24, 2.45) is 0 Å². The van der Waals surface area contributed by atoms with E-state index in [4.69, 9.17) is 16.3 Å². The molecule has 5 nitrogen and oxygen atoms in total. The molecular weight excluding hydrogens is 348 g/mol. The van der Waals surface area contributed by atoms with Crippen LogP contribution in [0.2, 0.25) is 5.02 Å². The van der Waals surface area contributed by atoms with Gasteiger partial charge < -0.3 is 9.64 Å². The van der Waals surface area contributed by atoms with Crippen molar-refractivity contribution in [2.75, 3.05) is 35.4 Å². The Balaban J connectivity index is 1.70. The van der Waals surface area contributed by atoms with Gasteiger partial charge in [0.1, 0.15) is 18.0 Å². The SMILES string of the molecule is O=S(=O)(Cc1ccc(Cl)cc1)N1CCN2CCOc3cccc1c32. The van der Waals surface area contributed by atoms with Crippen LogP contribution >= 0.6 is 11.6 Å². The van der Waals surface area contributed by atoms with Crippen molar-refractivity contribution in [1.82, 2.24) is 0 Å². The molecule has 126 valence electrons. The van der Waals surface area contributed by atoms with Gasteiger partial charge in [0, 0.05) is 11.6 Å². The Morgan fingerprint density at radius 3 is 2.62 bits per heavy atom. The van der Waals surface area contributed by atoms with Gasteiger partial charge in [-0.2, -0.15) is 0 Å². The second-order valence-electron chi connectivity index (χ2n) is 5.91. The summed E-state index contributed by atoms with van der Waals surface area (Å²) in [6.07, 6.45) is 0. The molecule has 0 saturated carbocycles. The first-order valence-corrected chi connectivity index (χ1v) is 9.79. The van der Waals surface area contributed by atoms with Crippen molar-refractivity contribution in [3.05, 3.63) is 53.1 Å². The number of anilines is 2. The maximum absolute atomic E-state index is 13.0. The summed E-state index contributed by atoms with van der Waals surface area (Å²) in [7, 11) is -3.48. The largest absolute Gasteiger partial charge is 0.489 e. The summed E-state index contributed by atoms with van der Waals surface area (Å²) < 4.78 is 33.1. The highest BCUT2D eigenvalue weighted by molar-refractivity contribution is 7.92. The lowest BCUT2D eigenvalue weighted by atomic mass is 10.1. The fourth-order valence-corrected chi connectivity index (χ4v) is 4.94. The maximum atomic E-state index is 13.0. The highest BCUT2D eigenvalue weighted by Crippen LogP contribution is 2.43. The van der Waals surface area contributed by atoms with E-state index in [1.807, 2.05) is 18.2 Å². The number of sulfonamides is 1. The highest BCUT2D eigenvalue weighted by atomic mass is 35.5. The number of benzene rings is 2. The lowest BCUT2D eigenvalue weighted by Gasteiger charge is -2.41. The third-order valence-electron chi connectivity index (χ3n) is 4.35. The quantitative estimate of drug-likeness (QED) is 0.840. The second-order valence-corrected chi connectivity index (χ2v) is 8.24. The van der Waals surface area contributed by atoms with E-state index in [1.54, 1.807) is 24.3 Å². The maximum Gasteiger partial charge on any atom is 0.239 e. The van der Waals surface area contributed by atoms with Crippen LogP contribution in [-0.4, -0.2) is 34.7 Å². The number of hydrogen-bond acceptors (Lipinski definition) is 4. The molecule has 2 aromatic carbocycles. The van der Waals surface area contributed by atoms with Gasteiger partial charge >= 0.3 is 0 Å². The van der Waals surface area contributed by atoms with E-state index in [1.165, 1.54) is 4.31 Å². The number of rotatable bonds is 3. The second kappa shape index (κ2) is 5.86. The molecule has 0 unspecified atom stereocenters. The predicted octanol–water partition coefficient (Wildman–Crippen LogP) is 2.89. The topological polar surface area (TPSA) is 49.9 Å². The Morgan fingerprint density at radius 1 is 1.04 bits per heavy atom. The number of ether oxygens (including phenoxy) is 1. The lowest BCUT2D eigenvalue weighted by Crippen LogP contribution is -2.47. The zero-order chi connectivity index (χ0) is 16.7. The van der Waals surface area contributed by atoms with Crippen LogP contribution < -0.4 is 13.9 Å². The fraction of sp³-hybridized carbons (Fsp3) is 0.294. The minimum Gasteiger partial charge on any atom is -0.489 e. The summed E-state index contributed by atoms with van der Waals surface area (Å²) in [6.45, 7) is 2.54. The molecule has 4 rings (SSSR count). The molecule has 2 aliphatic rings. The van der Waals surface area contributed by atoms with Gasteiger partial charge in [0.25, 0.3) is 0 Å². The molecule has 7 heteroatoms. The molecule has 0 saturated heterocycles. The van der Waals surface area contributed by atoms with Crippen LogP contribution in [0.3, 0.4) is 0 Å². The normalized spacial score (nSPS) is 16.5. The van der Waals surface area contributed by atoms with Gasteiger partial charge in [-0.15, -0.1) is 0 Å². The van der Waals surface area contributed by atoms with Gasteiger partial charge in [0.15, 0.2) is 0 Å². The first-order chi connectivity index (χ1) is 11.5. The van der Waals surface area contributed by atoms with Crippen LogP contribution in [0.15, 0.2) is 42.5 Å². The van der Waals surface area contributed by atoms with Crippen molar-refractivity contribution < 1.29 is 13.2 Å². The number of nitrogens with zero attached hydrogens (tertiary/aromatic N) is 2. The molecule has 0 atom stereocenters. The van der Waals surface area contributed by atoms with Crippen LogP contribution in [0.4, 0.5) is 11.4 Å². The Kier molecular flexibility index (Phi) is 3.81. The summed E-state index contributed by atoms with van der Waals surface area (Å²) in [5.41, 5.74) is 2.31. The molecule has 0 aromatic heterocycles. The van der Waals surface area contributed by atoms with Gasteiger partial charge in [0.05, 0.1) is 24.5 Å². The van der Waals surface area contributed by atoms with Gasteiger partial charge in [-0.05, 0) is 29.8 Å². The molecule has 2 aromatic rings. The first-order valence-electron chi connectivity index (χ1n) is 7.80. The van der Waals surface area contributed by atoms with E-state index in [2.05, 4.69) is 4.90 Å². The summed E-state index contributed by atoms with van der Waals surface area (Å²) >= 11 is 5.88. The molecular formula is C17H17ClN2O3S. The van der Waals surface area contributed by atoms with Gasteiger partial charge in [-0.1, -0.05) is 29.8 Å². The Bertz CT molecular complexity index is 868. The van der Waals surface area contributed by atoms with Gasteiger partial charge in [-0.25, -0.2) is 8.42 Å². The third kappa shape index (κ3) is 2.70. The molecule has 2 heterocycles. The fourth-order valence-electron chi connectivity index (χ4n) is 3.24. The Morgan fingerprint density at radius 2 is 1.83 bits per heavy atom. The lowest BCUT2D eigenvalue weighted by molar-refractivity contribution is 0.307. The first kappa shape index (κ1) is 15.6. The summed E-state index contributed by atoms with van der Waals surface area (Å²) in [4.78, 5) is 2.20. The van der Waals surface area contributed by atoms with Crippen molar-refractivity contribution >= 4 is 33.0 Å². The molecule has 24 heavy (non-hydrogen) atoms. The molecule has 0 spiro atoms. The number of halogens is 1. The van der Waals surface area contributed by atoms with Gasteiger partial charge in [-0.3, -0.25) is 4.31 Å². The van der Waals surface area contributed by atoms with Crippen LogP contribution in [0, 0.1) is 0 Å². The third-order valence-corrected chi connectivity index (χ3v) is 6.35. The number of hydrogen-bond donors (Lipinski definition) is 0. The van der Waals surface area contributed by atoms with Crippen LogP contribution in [0.25, 0.3) is 0 Å².